The van der Waals surface area contributed by atoms with Gasteiger partial charge in [0.2, 0.25) is 0 Å². The summed E-state index contributed by atoms with van der Waals surface area (Å²) < 4.78 is 16.9. The van der Waals surface area contributed by atoms with Gasteiger partial charge in [0.05, 0.1) is 17.8 Å². The van der Waals surface area contributed by atoms with Crippen LogP contribution >= 0.6 is 11.6 Å². The number of nitrogens with one attached hydrogen (secondary N) is 1. The maximum absolute atomic E-state index is 13.8. The maximum atomic E-state index is 13.8. The molecule has 0 aliphatic carbocycles. The highest BCUT2D eigenvalue weighted by atomic mass is 35.5. The first kappa shape index (κ1) is 17.2. The van der Waals surface area contributed by atoms with Gasteiger partial charge in [-0.3, -0.25) is 14.2 Å². The van der Waals surface area contributed by atoms with Crippen LogP contribution in [0.25, 0.3) is 0 Å². The average molecular weight is 362 g/mol. The molecule has 1 amide bonds. The summed E-state index contributed by atoms with van der Waals surface area (Å²) in [6, 6.07) is 8.24. The number of nitrogens with zero attached hydrogens (tertiary/aromatic N) is 4. The molecule has 0 radical (unpaired) electrons. The van der Waals surface area contributed by atoms with Crippen LogP contribution in [0.15, 0.2) is 36.5 Å². The summed E-state index contributed by atoms with van der Waals surface area (Å²) >= 11 is 6.03. The van der Waals surface area contributed by atoms with Crippen LogP contribution in [0, 0.1) is 12.7 Å². The Balaban J connectivity index is 1.80. The highest BCUT2D eigenvalue weighted by Gasteiger charge is 2.18. The highest BCUT2D eigenvalue weighted by Crippen LogP contribution is 2.18. The molecule has 0 atom stereocenters. The molecule has 0 unspecified atom stereocenters. The van der Waals surface area contributed by atoms with Gasteiger partial charge in [-0.05, 0) is 19.9 Å². The Hall–Kier alpha value is -2.67. The Bertz CT molecular complexity index is 918. The van der Waals surface area contributed by atoms with Crippen molar-refractivity contribution in [2.24, 2.45) is 0 Å². The van der Waals surface area contributed by atoms with Crippen LogP contribution in [-0.2, 0) is 13.1 Å². The molecule has 0 spiro atoms. The number of benzene rings is 1. The molecule has 0 bridgehead atoms. The Labute approximate surface area is 149 Å². The summed E-state index contributed by atoms with van der Waals surface area (Å²) in [4.78, 5) is 12.4. The maximum Gasteiger partial charge on any atom is 0.276 e. The number of carbonyl (C=O) groups is 1. The van der Waals surface area contributed by atoms with Crippen molar-refractivity contribution in [3.05, 3.63) is 64.3 Å². The standard InChI is InChI=1S/C17H17ClFN5O/c1-3-23-16(13(18)9-20-23)17(25)21-15-8-11(2)24(22-15)10-12-6-4-5-7-14(12)19/h4-9H,3,10H2,1-2H3,(H,21,22,25). The van der Waals surface area contributed by atoms with Gasteiger partial charge in [0.25, 0.3) is 5.91 Å². The lowest BCUT2D eigenvalue weighted by molar-refractivity contribution is 0.101. The first-order valence-corrected chi connectivity index (χ1v) is 8.18. The van der Waals surface area contributed by atoms with Crippen molar-refractivity contribution in [1.29, 1.82) is 0 Å². The summed E-state index contributed by atoms with van der Waals surface area (Å²) in [5.41, 5.74) is 1.61. The van der Waals surface area contributed by atoms with Crippen LogP contribution in [0.5, 0.6) is 0 Å². The molecule has 6 nitrogen and oxygen atoms in total. The van der Waals surface area contributed by atoms with Crippen molar-refractivity contribution in [3.8, 4) is 0 Å². The molecule has 2 heterocycles. The number of hydrogen-bond donors (Lipinski definition) is 1. The summed E-state index contributed by atoms with van der Waals surface area (Å²) in [6.07, 6.45) is 1.43. The van der Waals surface area contributed by atoms with Crippen molar-refractivity contribution < 1.29 is 9.18 Å². The SMILES string of the molecule is CCn1ncc(Cl)c1C(=O)Nc1cc(C)n(Cc2ccccc2F)n1. The quantitative estimate of drug-likeness (QED) is 0.756. The second-order valence-electron chi connectivity index (χ2n) is 5.53. The number of carbonyl (C=O) groups excluding carboxylic acids is 1. The van der Waals surface area contributed by atoms with Gasteiger partial charge in [0, 0.05) is 23.9 Å². The number of aryl methyl sites for hydroxylation is 2. The lowest BCUT2D eigenvalue weighted by atomic mass is 10.2. The van der Waals surface area contributed by atoms with Crippen LogP contribution < -0.4 is 5.32 Å². The first-order valence-electron chi connectivity index (χ1n) is 7.80. The molecule has 25 heavy (non-hydrogen) atoms. The lowest BCUT2D eigenvalue weighted by Crippen LogP contribution is -2.18. The first-order chi connectivity index (χ1) is 12.0. The third-order valence-electron chi connectivity index (χ3n) is 3.81. The topological polar surface area (TPSA) is 64.7 Å². The van der Waals surface area contributed by atoms with Gasteiger partial charge >= 0.3 is 0 Å². The molecule has 0 saturated heterocycles. The predicted octanol–water partition coefficient (Wildman–Crippen LogP) is 3.50. The van der Waals surface area contributed by atoms with E-state index in [9.17, 15) is 9.18 Å². The van der Waals surface area contributed by atoms with Crippen molar-refractivity contribution >= 4 is 23.3 Å². The zero-order valence-electron chi connectivity index (χ0n) is 13.8. The molecule has 0 aliphatic rings. The minimum Gasteiger partial charge on any atom is -0.304 e. The second-order valence-corrected chi connectivity index (χ2v) is 5.94. The van der Waals surface area contributed by atoms with E-state index in [1.165, 1.54) is 16.9 Å². The number of aromatic nitrogens is 4. The van der Waals surface area contributed by atoms with Crippen LogP contribution in [0.2, 0.25) is 5.02 Å². The van der Waals surface area contributed by atoms with E-state index in [1.807, 2.05) is 13.8 Å². The van der Waals surface area contributed by atoms with Gasteiger partial charge in [0.15, 0.2) is 5.82 Å². The van der Waals surface area contributed by atoms with E-state index >= 15 is 0 Å². The zero-order valence-corrected chi connectivity index (χ0v) is 14.6. The third kappa shape index (κ3) is 3.56. The zero-order chi connectivity index (χ0) is 18.0. The molecule has 0 aliphatic heterocycles. The molecule has 3 aromatic rings. The van der Waals surface area contributed by atoms with E-state index in [2.05, 4.69) is 15.5 Å². The fourth-order valence-corrected chi connectivity index (χ4v) is 2.75. The van der Waals surface area contributed by atoms with E-state index in [0.717, 1.165) is 5.69 Å². The smallest absolute Gasteiger partial charge is 0.276 e. The highest BCUT2D eigenvalue weighted by molar-refractivity contribution is 6.34. The fraction of sp³-hybridized carbons (Fsp3) is 0.235. The van der Waals surface area contributed by atoms with E-state index in [-0.39, 0.29) is 29.0 Å². The predicted molar refractivity (Wildman–Crippen MR) is 93.3 cm³/mol. The summed E-state index contributed by atoms with van der Waals surface area (Å²) in [6.45, 7) is 4.51. The number of halogens is 2. The largest absolute Gasteiger partial charge is 0.304 e. The van der Waals surface area contributed by atoms with Crippen LogP contribution in [0.1, 0.15) is 28.7 Å². The Morgan fingerprint density at radius 1 is 1.32 bits per heavy atom. The number of hydrogen-bond acceptors (Lipinski definition) is 3. The minimum absolute atomic E-state index is 0.280. The molecule has 8 heteroatoms. The fourth-order valence-electron chi connectivity index (χ4n) is 2.52. The van der Waals surface area contributed by atoms with Gasteiger partial charge in [-0.1, -0.05) is 29.8 Å². The van der Waals surface area contributed by atoms with Crippen molar-refractivity contribution in [2.75, 3.05) is 5.32 Å². The Kier molecular flexibility index (Phi) is 4.85. The summed E-state index contributed by atoms with van der Waals surface area (Å²) in [7, 11) is 0. The molecule has 0 fully saturated rings. The third-order valence-corrected chi connectivity index (χ3v) is 4.09. The molecular formula is C17H17ClFN5O. The van der Waals surface area contributed by atoms with E-state index < -0.39 is 0 Å². The van der Waals surface area contributed by atoms with Crippen LogP contribution in [-0.4, -0.2) is 25.5 Å². The van der Waals surface area contributed by atoms with Gasteiger partial charge in [-0.25, -0.2) is 4.39 Å². The Morgan fingerprint density at radius 2 is 2.08 bits per heavy atom. The second kappa shape index (κ2) is 7.06. The molecular weight excluding hydrogens is 345 g/mol. The molecule has 3 rings (SSSR count). The lowest BCUT2D eigenvalue weighted by Gasteiger charge is -2.06. The van der Waals surface area contributed by atoms with Crippen LogP contribution in [0.4, 0.5) is 10.2 Å². The van der Waals surface area contributed by atoms with Crippen molar-refractivity contribution in [2.45, 2.75) is 26.9 Å². The van der Waals surface area contributed by atoms with Crippen molar-refractivity contribution in [1.82, 2.24) is 19.6 Å². The Morgan fingerprint density at radius 3 is 2.80 bits per heavy atom. The molecule has 0 saturated carbocycles. The average Bonchev–Trinajstić information content (AvgIpc) is 3.12. The molecule has 1 aromatic carbocycles. The normalized spacial score (nSPS) is 10.9. The van der Waals surface area contributed by atoms with Gasteiger partial charge in [0.1, 0.15) is 11.5 Å². The summed E-state index contributed by atoms with van der Waals surface area (Å²) in [5, 5.41) is 11.4. The number of amides is 1. The molecule has 2 aromatic heterocycles. The molecule has 130 valence electrons. The van der Waals surface area contributed by atoms with Crippen molar-refractivity contribution in [3.63, 3.8) is 0 Å². The van der Waals surface area contributed by atoms with Gasteiger partial charge < -0.3 is 5.32 Å². The van der Waals surface area contributed by atoms with Gasteiger partial charge in [-0.15, -0.1) is 0 Å². The monoisotopic (exact) mass is 361 g/mol. The van der Waals surface area contributed by atoms with E-state index in [0.29, 0.717) is 17.9 Å². The van der Waals surface area contributed by atoms with E-state index in [1.54, 1.807) is 28.9 Å². The van der Waals surface area contributed by atoms with Gasteiger partial charge in [-0.2, -0.15) is 10.2 Å². The molecule has 1 N–H and O–H groups in total. The number of anilines is 1. The van der Waals surface area contributed by atoms with Crippen LogP contribution in [0.3, 0.4) is 0 Å². The minimum atomic E-state index is -0.389. The number of rotatable bonds is 5. The summed E-state index contributed by atoms with van der Waals surface area (Å²) in [5.74, 6) is -0.305. The van der Waals surface area contributed by atoms with E-state index in [4.69, 9.17) is 11.6 Å².